The largest absolute Gasteiger partial charge is 0.497 e. The molecule has 1 aliphatic heterocycles. The zero-order valence-corrected chi connectivity index (χ0v) is 20.5. The van der Waals surface area contributed by atoms with Crippen LogP contribution in [0.3, 0.4) is 0 Å². The Morgan fingerprint density at radius 2 is 1.71 bits per heavy atom. The van der Waals surface area contributed by atoms with E-state index in [0.717, 1.165) is 21.8 Å². The second-order valence-corrected chi connectivity index (χ2v) is 8.83. The molecule has 0 aliphatic carbocycles. The van der Waals surface area contributed by atoms with Crippen molar-refractivity contribution in [1.82, 2.24) is 5.32 Å². The SMILES string of the molecule is COc1ccc(C=C2Sc3ccc(C(=O)NCCc4ccc(OC)c(OC)c4)cc3NC2=O)cc1. The number of amides is 2. The average molecular weight is 491 g/mol. The van der Waals surface area contributed by atoms with Crippen molar-refractivity contribution in [3.05, 3.63) is 82.3 Å². The third-order valence-corrected chi connectivity index (χ3v) is 6.59. The molecule has 0 unspecified atom stereocenters. The van der Waals surface area contributed by atoms with Crippen LogP contribution in [-0.2, 0) is 11.2 Å². The second kappa shape index (κ2) is 11.0. The van der Waals surface area contributed by atoms with Gasteiger partial charge in [-0.1, -0.05) is 30.0 Å². The van der Waals surface area contributed by atoms with E-state index in [-0.39, 0.29) is 11.8 Å². The van der Waals surface area contributed by atoms with E-state index in [9.17, 15) is 9.59 Å². The Morgan fingerprint density at radius 1 is 0.943 bits per heavy atom. The number of methoxy groups -OCH3 is 3. The van der Waals surface area contributed by atoms with Gasteiger partial charge in [-0.2, -0.15) is 0 Å². The molecular weight excluding hydrogens is 464 g/mol. The summed E-state index contributed by atoms with van der Waals surface area (Å²) in [6, 6.07) is 18.5. The first-order chi connectivity index (χ1) is 17.0. The lowest BCUT2D eigenvalue weighted by molar-refractivity contribution is -0.112. The van der Waals surface area contributed by atoms with Crippen molar-refractivity contribution >= 4 is 35.3 Å². The minimum atomic E-state index is -0.204. The first kappa shape index (κ1) is 24.2. The molecule has 0 fully saturated rings. The highest BCUT2D eigenvalue weighted by molar-refractivity contribution is 8.04. The van der Waals surface area contributed by atoms with E-state index in [1.54, 1.807) is 33.5 Å². The Labute approximate surface area is 208 Å². The van der Waals surface area contributed by atoms with Crippen molar-refractivity contribution in [2.75, 3.05) is 33.2 Å². The lowest BCUT2D eigenvalue weighted by atomic mass is 10.1. The Balaban J connectivity index is 1.39. The second-order valence-electron chi connectivity index (χ2n) is 7.74. The van der Waals surface area contributed by atoms with Gasteiger partial charge in [-0.15, -0.1) is 0 Å². The molecule has 0 saturated heterocycles. The lowest BCUT2D eigenvalue weighted by Gasteiger charge is -2.19. The molecule has 3 aromatic carbocycles. The van der Waals surface area contributed by atoms with Crippen LogP contribution in [0.15, 0.2) is 70.5 Å². The van der Waals surface area contributed by atoms with Crippen molar-refractivity contribution in [3.63, 3.8) is 0 Å². The molecule has 0 saturated carbocycles. The third kappa shape index (κ3) is 5.78. The highest BCUT2D eigenvalue weighted by Gasteiger charge is 2.22. The van der Waals surface area contributed by atoms with Gasteiger partial charge < -0.3 is 24.8 Å². The van der Waals surface area contributed by atoms with E-state index in [4.69, 9.17) is 14.2 Å². The molecule has 1 aliphatic rings. The summed E-state index contributed by atoms with van der Waals surface area (Å²) in [7, 11) is 4.80. The van der Waals surface area contributed by atoms with Crippen LogP contribution in [0.1, 0.15) is 21.5 Å². The number of hydrogen-bond acceptors (Lipinski definition) is 6. The van der Waals surface area contributed by atoms with E-state index >= 15 is 0 Å². The first-order valence-electron chi connectivity index (χ1n) is 11.0. The fourth-order valence-electron chi connectivity index (χ4n) is 3.61. The molecular formula is C27H26N2O5S. The van der Waals surface area contributed by atoms with Crippen LogP contribution in [0.2, 0.25) is 0 Å². The standard InChI is InChI=1S/C27H26N2O5S/c1-32-20-8-4-17(5-9-20)15-25-27(31)29-21-16-19(7-11-24(21)35-25)26(30)28-13-12-18-6-10-22(33-2)23(14-18)34-3/h4-11,14-16H,12-13H2,1-3H3,(H,28,30)(H,29,31). The first-order valence-corrected chi connectivity index (χ1v) is 11.8. The maximum atomic E-state index is 12.7. The Morgan fingerprint density at radius 3 is 2.43 bits per heavy atom. The number of carbonyl (C=O) groups is 2. The smallest absolute Gasteiger partial charge is 0.262 e. The zero-order chi connectivity index (χ0) is 24.8. The van der Waals surface area contributed by atoms with Crippen LogP contribution in [-0.4, -0.2) is 39.7 Å². The van der Waals surface area contributed by atoms with Crippen molar-refractivity contribution in [2.45, 2.75) is 11.3 Å². The molecule has 0 spiro atoms. The monoisotopic (exact) mass is 490 g/mol. The van der Waals surface area contributed by atoms with Gasteiger partial charge in [0.2, 0.25) is 0 Å². The summed E-state index contributed by atoms with van der Waals surface area (Å²) in [5.41, 5.74) is 3.03. The maximum Gasteiger partial charge on any atom is 0.262 e. The molecule has 0 bridgehead atoms. The molecule has 3 aromatic rings. The lowest BCUT2D eigenvalue weighted by Crippen LogP contribution is -2.26. The number of nitrogens with one attached hydrogen (secondary N) is 2. The predicted molar refractivity (Wildman–Crippen MR) is 137 cm³/mol. The summed E-state index contributed by atoms with van der Waals surface area (Å²) in [6.45, 7) is 0.460. The molecule has 180 valence electrons. The van der Waals surface area contributed by atoms with Crippen LogP contribution in [0.4, 0.5) is 5.69 Å². The zero-order valence-electron chi connectivity index (χ0n) is 19.7. The quantitative estimate of drug-likeness (QED) is 0.443. The number of thioether (sulfide) groups is 1. The number of rotatable bonds is 8. The van der Waals surface area contributed by atoms with Crippen LogP contribution >= 0.6 is 11.8 Å². The average Bonchev–Trinajstić information content (AvgIpc) is 2.89. The van der Waals surface area contributed by atoms with Crippen molar-refractivity contribution in [1.29, 1.82) is 0 Å². The summed E-state index contributed by atoms with van der Waals surface area (Å²) in [5, 5.41) is 5.83. The Bertz CT molecular complexity index is 1270. The van der Waals surface area contributed by atoms with Gasteiger partial charge in [-0.3, -0.25) is 9.59 Å². The van der Waals surface area contributed by atoms with Gasteiger partial charge in [0.15, 0.2) is 11.5 Å². The Hall–Kier alpha value is -3.91. The van der Waals surface area contributed by atoms with Crippen molar-refractivity contribution in [3.8, 4) is 17.2 Å². The van der Waals surface area contributed by atoms with E-state index in [2.05, 4.69) is 10.6 Å². The van der Waals surface area contributed by atoms with Gasteiger partial charge in [-0.05, 0) is 66.1 Å². The van der Waals surface area contributed by atoms with Crippen molar-refractivity contribution in [2.24, 2.45) is 0 Å². The molecule has 0 aromatic heterocycles. The number of anilines is 1. The van der Waals surface area contributed by atoms with Gasteiger partial charge in [-0.25, -0.2) is 0 Å². The van der Waals surface area contributed by atoms with E-state index in [0.29, 0.717) is 40.6 Å². The maximum absolute atomic E-state index is 12.7. The number of carbonyl (C=O) groups excluding carboxylic acids is 2. The van der Waals surface area contributed by atoms with Crippen LogP contribution < -0.4 is 24.8 Å². The Kier molecular flexibility index (Phi) is 7.62. The summed E-state index contributed by atoms with van der Waals surface area (Å²) in [6.07, 6.45) is 2.47. The molecule has 2 N–H and O–H groups in total. The van der Waals surface area contributed by atoms with Gasteiger partial charge in [0.05, 0.1) is 31.9 Å². The molecule has 7 nitrogen and oxygen atoms in total. The highest BCUT2D eigenvalue weighted by atomic mass is 32.2. The van der Waals surface area contributed by atoms with Crippen LogP contribution in [0.5, 0.6) is 17.2 Å². The van der Waals surface area contributed by atoms with E-state index < -0.39 is 0 Å². The molecule has 1 heterocycles. The third-order valence-electron chi connectivity index (χ3n) is 5.49. The van der Waals surface area contributed by atoms with Gasteiger partial charge in [0.1, 0.15) is 5.75 Å². The molecule has 0 radical (unpaired) electrons. The van der Waals surface area contributed by atoms with Gasteiger partial charge in [0, 0.05) is 17.0 Å². The van der Waals surface area contributed by atoms with Crippen LogP contribution in [0.25, 0.3) is 6.08 Å². The fraction of sp³-hybridized carbons (Fsp3) is 0.185. The predicted octanol–water partition coefficient (Wildman–Crippen LogP) is 4.77. The van der Waals surface area contributed by atoms with Crippen LogP contribution in [0, 0.1) is 0 Å². The molecule has 0 atom stereocenters. The van der Waals surface area contributed by atoms with Crippen molar-refractivity contribution < 1.29 is 23.8 Å². The van der Waals surface area contributed by atoms with Gasteiger partial charge >= 0.3 is 0 Å². The summed E-state index contributed by atoms with van der Waals surface area (Å²) < 4.78 is 15.8. The topological polar surface area (TPSA) is 85.9 Å². The number of ether oxygens (including phenoxy) is 3. The minimum absolute atomic E-state index is 0.202. The molecule has 35 heavy (non-hydrogen) atoms. The number of benzene rings is 3. The highest BCUT2D eigenvalue weighted by Crippen LogP contribution is 2.39. The fourth-order valence-corrected chi connectivity index (χ4v) is 4.54. The number of fused-ring (bicyclic) bond motifs is 1. The molecule has 4 rings (SSSR count). The van der Waals surface area contributed by atoms with E-state index in [1.165, 1.54) is 11.8 Å². The summed E-state index contributed by atoms with van der Waals surface area (Å²) >= 11 is 1.38. The minimum Gasteiger partial charge on any atom is -0.497 e. The molecule has 8 heteroatoms. The summed E-state index contributed by atoms with van der Waals surface area (Å²) in [4.78, 5) is 26.8. The normalized spacial score (nSPS) is 13.6. The number of hydrogen-bond donors (Lipinski definition) is 2. The van der Waals surface area contributed by atoms with E-state index in [1.807, 2.05) is 54.6 Å². The van der Waals surface area contributed by atoms with Gasteiger partial charge in [0.25, 0.3) is 11.8 Å². The summed E-state index contributed by atoms with van der Waals surface area (Å²) in [5.74, 6) is 1.67. The molecule has 2 amide bonds.